The van der Waals surface area contributed by atoms with E-state index < -0.39 is 16.6 Å². The maximum atomic E-state index is 9.81. The first-order valence-electron chi connectivity index (χ1n) is 0.507. The molecule has 0 fully saturated rings. The molecular formula is H12F6N3V. The van der Waals surface area contributed by atoms with Crippen molar-refractivity contribution < 1.29 is 40.9 Å². The fourth-order valence-electron chi connectivity index (χ4n) is 0. The Kier molecular flexibility index (Phi) is 560. The Morgan fingerprint density at radius 3 is 0.600 bits per heavy atom. The van der Waals surface area contributed by atoms with Crippen molar-refractivity contribution in [3.63, 3.8) is 0 Å². The molecule has 0 radical (unpaired) electrons. The minimum absolute atomic E-state index is 0. The third-order valence-electron chi connectivity index (χ3n) is 0. The summed E-state index contributed by atoms with van der Waals surface area (Å²) in [4.78, 5) is 0. The van der Waals surface area contributed by atoms with Gasteiger partial charge in [0.05, 0.1) is 0 Å². The summed E-state index contributed by atoms with van der Waals surface area (Å²) in [5.74, 6) is 0. The summed E-state index contributed by atoms with van der Waals surface area (Å²) in [6.45, 7) is 0. The Morgan fingerprint density at radius 1 is 0.600 bits per heavy atom. The second-order valence-electron chi connectivity index (χ2n) is 0.192. The number of rotatable bonds is 0. The van der Waals surface area contributed by atoms with E-state index in [1.165, 1.54) is 0 Å². The quantitative estimate of drug-likeness (QED) is 0.337. The van der Waals surface area contributed by atoms with Gasteiger partial charge >= 0.3 is 26.8 Å². The molecule has 3 nitrogen and oxygen atoms in total. The van der Waals surface area contributed by atoms with Gasteiger partial charge in [-0.05, 0) is 0 Å². The van der Waals surface area contributed by atoms with Crippen LogP contribution >= 0.6 is 0 Å². The third-order valence-corrected chi connectivity index (χ3v) is 0. The van der Waals surface area contributed by atoms with Crippen LogP contribution < -0.4 is 32.6 Å². The van der Waals surface area contributed by atoms with Gasteiger partial charge in [0.1, 0.15) is 0 Å². The third kappa shape index (κ3) is 202000. The minimum Gasteiger partial charge on any atom is -0.369 e. The van der Waals surface area contributed by atoms with Gasteiger partial charge in [-0.1, -0.05) is 0 Å². The molecule has 0 aromatic heterocycles. The maximum Gasteiger partial charge on any atom is -0.369 e. The van der Waals surface area contributed by atoms with E-state index in [-0.39, 0.29) is 32.6 Å². The molecule has 0 rings (SSSR count). The molecule has 0 aliphatic heterocycles. The first-order valence-corrected chi connectivity index (χ1v) is 2.09. The minimum atomic E-state index is -4.69. The fourth-order valence-corrected chi connectivity index (χ4v) is 0. The zero-order valence-corrected chi connectivity index (χ0v) is 7.11. The molecule has 0 aromatic rings. The van der Waals surface area contributed by atoms with Crippen LogP contribution in [0.25, 0.3) is 0 Å². The van der Waals surface area contributed by atoms with E-state index in [1.807, 2.05) is 0 Å². The Balaban J connectivity index is -0.00000000300. The van der Waals surface area contributed by atoms with Crippen molar-refractivity contribution in [1.29, 1.82) is 0 Å². The van der Waals surface area contributed by atoms with Crippen molar-refractivity contribution in [3.05, 3.63) is 0 Å². The van der Waals surface area contributed by atoms with Crippen molar-refractivity contribution in [2.75, 3.05) is 0 Å². The SMILES string of the molecule is [F-].[F-].[F-].[F][V]([F])[F].[NH4+].[NH4+].[NH4+]. The van der Waals surface area contributed by atoms with Crippen molar-refractivity contribution in [1.82, 2.24) is 18.5 Å². The van der Waals surface area contributed by atoms with Gasteiger partial charge in [0, 0.05) is 0 Å². The summed E-state index contributed by atoms with van der Waals surface area (Å²) in [5.41, 5.74) is 0. The fraction of sp³-hybridized carbons (Fsp3) is 0. The Morgan fingerprint density at radius 2 is 0.600 bits per heavy atom. The Bertz CT molecular complexity index is 17.7. The Hall–Kier alpha value is 0.0444. The van der Waals surface area contributed by atoms with Crippen LogP contribution in [0.3, 0.4) is 0 Å². The van der Waals surface area contributed by atoms with E-state index in [4.69, 9.17) is 0 Å². The smallest absolute Gasteiger partial charge is 0.369 e. The molecule has 0 heterocycles. The normalized spacial score (nSPS) is 3.60. The Labute approximate surface area is 60.3 Å². The molecule has 0 aliphatic carbocycles. The van der Waals surface area contributed by atoms with Gasteiger partial charge in [0.15, 0.2) is 0 Å². The van der Waals surface area contributed by atoms with Crippen LogP contribution in [0.5, 0.6) is 0 Å². The molecule has 10 heavy (non-hydrogen) atoms. The van der Waals surface area contributed by atoms with Crippen LogP contribution in [-0.4, -0.2) is 0 Å². The van der Waals surface area contributed by atoms with Crippen LogP contribution in [0.2, 0.25) is 0 Å². The molecule has 0 bridgehead atoms. The van der Waals surface area contributed by atoms with E-state index in [2.05, 4.69) is 0 Å². The zero-order chi connectivity index (χ0) is 3.58. The van der Waals surface area contributed by atoms with Gasteiger partial charge in [0.2, 0.25) is 0 Å². The van der Waals surface area contributed by atoms with Crippen molar-refractivity contribution in [2.24, 2.45) is 0 Å². The van der Waals surface area contributed by atoms with Crippen LogP contribution in [-0.2, 0) is 16.6 Å². The zero-order valence-electron chi connectivity index (χ0n) is 5.72. The van der Waals surface area contributed by atoms with Gasteiger partial charge in [-0.2, -0.15) is 0 Å². The topological polar surface area (TPSA) is 110 Å². The molecule has 0 saturated carbocycles. The summed E-state index contributed by atoms with van der Waals surface area (Å²) < 4.78 is 29.4. The molecular weight excluding hydrogens is 207 g/mol. The predicted octanol–water partition coefficient (Wildman–Crippen LogP) is -6.60. The first-order chi connectivity index (χ1) is 1.73. The standard InChI is InChI=1S/6FH.3H3N.V/h6*1H;3*1H3;/q;;;;;;;;;+3/p-3. The van der Waals surface area contributed by atoms with Gasteiger partial charge in [-0.25, -0.2) is 0 Å². The second-order valence-corrected chi connectivity index (χ2v) is 0.790. The van der Waals surface area contributed by atoms with Gasteiger partial charge in [0.25, 0.3) is 0 Å². The average Bonchev–Trinajstić information content (AvgIpc) is 0.811. The van der Waals surface area contributed by atoms with Gasteiger partial charge in [-0.3, -0.25) is 0 Å². The van der Waals surface area contributed by atoms with Crippen LogP contribution in [0.4, 0.5) is 10.2 Å². The van der Waals surface area contributed by atoms with E-state index in [0.717, 1.165) is 0 Å². The number of quaternary nitrogens is 3. The van der Waals surface area contributed by atoms with Gasteiger partial charge < -0.3 is 32.6 Å². The van der Waals surface area contributed by atoms with E-state index in [0.29, 0.717) is 0 Å². The van der Waals surface area contributed by atoms with E-state index in [9.17, 15) is 10.2 Å². The molecule has 0 amide bonds. The number of halogens is 6. The van der Waals surface area contributed by atoms with Crippen LogP contribution in [0.1, 0.15) is 0 Å². The average molecular weight is 219 g/mol. The largest absolute Gasteiger partial charge is 0.369 e. The second kappa shape index (κ2) is 63.1. The number of hydrogen-bond acceptors (Lipinski definition) is 0. The molecule has 74 valence electrons. The van der Waals surface area contributed by atoms with Crippen LogP contribution in [0, 0.1) is 0 Å². The summed E-state index contributed by atoms with van der Waals surface area (Å²) >= 11 is -4.69. The van der Waals surface area contributed by atoms with Crippen molar-refractivity contribution in [3.8, 4) is 0 Å². The van der Waals surface area contributed by atoms with E-state index >= 15 is 0 Å². The molecule has 12 N–H and O–H groups in total. The maximum absolute atomic E-state index is 9.81. The molecule has 10 heteroatoms. The predicted molar refractivity (Wildman–Crippen MR) is 21.3 cm³/mol. The van der Waals surface area contributed by atoms with Crippen LogP contribution in [0.15, 0.2) is 0 Å². The summed E-state index contributed by atoms with van der Waals surface area (Å²) in [5, 5.41) is 0. The molecule has 0 aromatic carbocycles. The van der Waals surface area contributed by atoms with E-state index in [1.54, 1.807) is 0 Å². The molecule has 0 unspecified atom stereocenters. The van der Waals surface area contributed by atoms with Gasteiger partial charge in [-0.15, -0.1) is 0 Å². The summed E-state index contributed by atoms with van der Waals surface area (Å²) in [7, 11) is 0. The molecule has 0 aliphatic rings. The molecule has 0 atom stereocenters. The summed E-state index contributed by atoms with van der Waals surface area (Å²) in [6.07, 6.45) is 0. The van der Waals surface area contributed by atoms with Crippen molar-refractivity contribution >= 4 is 0 Å². The monoisotopic (exact) mass is 219 g/mol. The number of hydrogen-bond donors (Lipinski definition) is 3. The summed E-state index contributed by atoms with van der Waals surface area (Å²) in [6, 6.07) is 0. The molecule has 0 saturated heterocycles. The van der Waals surface area contributed by atoms with Crippen molar-refractivity contribution in [2.45, 2.75) is 0 Å². The molecule has 0 spiro atoms. The first kappa shape index (κ1) is 88.6.